The van der Waals surface area contributed by atoms with Crippen molar-refractivity contribution < 1.29 is 14.3 Å². The smallest absolute Gasteiger partial charge is 0.322 e. The highest BCUT2D eigenvalue weighted by molar-refractivity contribution is 5.91. The number of hydrogen-bond acceptors (Lipinski definition) is 4. The molecule has 1 N–H and O–H groups in total. The van der Waals surface area contributed by atoms with Crippen LogP contribution >= 0.6 is 0 Å². The molecule has 2 amide bonds. The number of hydrogen-bond donors (Lipinski definition) is 1. The van der Waals surface area contributed by atoms with Crippen LogP contribution in [0.4, 0.5) is 10.5 Å². The van der Waals surface area contributed by atoms with E-state index >= 15 is 0 Å². The Bertz CT molecular complexity index is 535. The number of anilines is 1. The van der Waals surface area contributed by atoms with E-state index in [1.54, 1.807) is 13.3 Å². The normalized spacial score (nSPS) is 24.6. The fourth-order valence-electron chi connectivity index (χ4n) is 3.17. The van der Waals surface area contributed by atoms with Gasteiger partial charge in [-0.1, -0.05) is 0 Å². The van der Waals surface area contributed by atoms with Crippen LogP contribution in [0.1, 0.15) is 24.8 Å². The number of urea groups is 1. The van der Waals surface area contributed by atoms with Crippen LogP contribution in [-0.2, 0) is 4.74 Å². The average Bonchev–Trinajstić information content (AvgIpc) is 2.95. The summed E-state index contributed by atoms with van der Waals surface area (Å²) in [6.07, 6.45) is 5.09. The number of aryl methyl sites for hydroxylation is 1. The summed E-state index contributed by atoms with van der Waals surface area (Å²) in [6, 6.07) is 1.97. The Morgan fingerprint density at radius 3 is 3.19 bits per heavy atom. The molecule has 1 aliphatic carbocycles. The summed E-state index contributed by atoms with van der Waals surface area (Å²) in [5.74, 6) is 0.435. The quantitative estimate of drug-likeness (QED) is 0.907. The minimum absolute atomic E-state index is 0.0964. The maximum atomic E-state index is 12.6. The number of aromatic nitrogens is 1. The molecule has 1 saturated heterocycles. The lowest BCUT2D eigenvalue weighted by Gasteiger charge is -2.37. The lowest BCUT2D eigenvalue weighted by molar-refractivity contribution is -0.0362. The largest absolute Gasteiger partial charge is 0.480 e. The topological polar surface area (TPSA) is 63.7 Å². The van der Waals surface area contributed by atoms with E-state index in [0.717, 1.165) is 24.8 Å². The van der Waals surface area contributed by atoms with Gasteiger partial charge in [-0.25, -0.2) is 9.78 Å². The molecule has 0 unspecified atom stereocenters. The van der Waals surface area contributed by atoms with Crippen LogP contribution in [0.2, 0.25) is 0 Å². The third kappa shape index (κ3) is 2.81. The van der Waals surface area contributed by atoms with Gasteiger partial charge in [0.15, 0.2) is 0 Å². The molecule has 2 atom stereocenters. The van der Waals surface area contributed by atoms with Gasteiger partial charge >= 0.3 is 6.03 Å². The Kier molecular flexibility index (Phi) is 3.96. The second-order valence-electron chi connectivity index (χ2n) is 5.60. The third-order valence-electron chi connectivity index (χ3n) is 4.17. The molecule has 3 rings (SSSR count). The highest BCUT2D eigenvalue weighted by Gasteiger charge is 2.38. The van der Waals surface area contributed by atoms with E-state index < -0.39 is 0 Å². The highest BCUT2D eigenvalue weighted by Crippen LogP contribution is 2.30. The Morgan fingerprint density at radius 2 is 2.38 bits per heavy atom. The molecule has 1 aromatic heterocycles. The number of rotatable bonds is 2. The molecule has 2 fully saturated rings. The lowest BCUT2D eigenvalue weighted by Crippen LogP contribution is -2.52. The van der Waals surface area contributed by atoms with E-state index in [4.69, 9.17) is 9.47 Å². The van der Waals surface area contributed by atoms with Gasteiger partial charge in [0.25, 0.3) is 0 Å². The SMILES string of the molecule is COc1ncc(C)cc1NC(=O)N1CCO[C@H]2CCC[C@H]21. The maximum absolute atomic E-state index is 12.6. The first-order valence-electron chi connectivity index (χ1n) is 7.39. The Labute approximate surface area is 124 Å². The Hall–Kier alpha value is -1.82. The summed E-state index contributed by atoms with van der Waals surface area (Å²) in [5, 5.41) is 2.93. The highest BCUT2D eigenvalue weighted by atomic mass is 16.5. The van der Waals surface area contributed by atoms with Gasteiger partial charge in [-0.15, -0.1) is 0 Å². The number of pyridine rings is 1. The van der Waals surface area contributed by atoms with E-state index in [9.17, 15) is 4.79 Å². The number of nitrogens with one attached hydrogen (secondary N) is 1. The number of methoxy groups -OCH3 is 1. The van der Waals surface area contributed by atoms with E-state index in [1.807, 2.05) is 17.9 Å². The van der Waals surface area contributed by atoms with Crippen LogP contribution in [0.25, 0.3) is 0 Å². The van der Waals surface area contributed by atoms with Crippen LogP contribution in [0.3, 0.4) is 0 Å². The lowest BCUT2D eigenvalue weighted by atomic mass is 10.1. The number of amides is 2. The maximum Gasteiger partial charge on any atom is 0.322 e. The third-order valence-corrected chi connectivity index (χ3v) is 4.17. The number of morpholine rings is 1. The van der Waals surface area contributed by atoms with Gasteiger partial charge in [0, 0.05) is 12.7 Å². The van der Waals surface area contributed by atoms with Gasteiger partial charge in [-0.3, -0.25) is 0 Å². The van der Waals surface area contributed by atoms with E-state index in [2.05, 4.69) is 10.3 Å². The van der Waals surface area contributed by atoms with E-state index in [1.165, 1.54) is 0 Å². The fraction of sp³-hybridized carbons (Fsp3) is 0.600. The molecule has 1 aliphatic heterocycles. The summed E-state index contributed by atoms with van der Waals surface area (Å²) < 4.78 is 10.9. The molecule has 2 aliphatic rings. The molecular weight excluding hydrogens is 270 g/mol. The molecule has 2 heterocycles. The van der Waals surface area contributed by atoms with Crippen molar-refractivity contribution >= 4 is 11.7 Å². The molecule has 1 saturated carbocycles. The molecule has 6 heteroatoms. The zero-order valence-corrected chi connectivity index (χ0v) is 12.5. The number of carbonyl (C=O) groups is 1. The summed E-state index contributed by atoms with van der Waals surface area (Å²) in [5.41, 5.74) is 1.59. The molecule has 21 heavy (non-hydrogen) atoms. The van der Waals surface area contributed by atoms with Crippen molar-refractivity contribution in [1.82, 2.24) is 9.88 Å². The van der Waals surface area contributed by atoms with Gasteiger partial charge in [-0.05, 0) is 37.8 Å². The van der Waals surface area contributed by atoms with Gasteiger partial charge in [0.1, 0.15) is 5.69 Å². The summed E-state index contributed by atoms with van der Waals surface area (Å²) >= 11 is 0. The zero-order chi connectivity index (χ0) is 14.8. The molecule has 0 aromatic carbocycles. The second kappa shape index (κ2) is 5.89. The molecule has 0 bridgehead atoms. The first-order valence-corrected chi connectivity index (χ1v) is 7.39. The first kappa shape index (κ1) is 14.1. The number of fused-ring (bicyclic) bond motifs is 1. The number of nitrogens with zero attached hydrogens (tertiary/aromatic N) is 2. The standard InChI is InChI=1S/C15H21N3O3/c1-10-8-11(14(20-2)16-9-10)17-15(19)18-6-7-21-13-5-3-4-12(13)18/h8-9,12-13H,3-7H2,1-2H3,(H,17,19)/t12-,13+/m1/s1. The van der Waals surface area contributed by atoms with Crippen LogP contribution in [0.5, 0.6) is 5.88 Å². The van der Waals surface area contributed by atoms with Gasteiger partial charge in [0.05, 0.1) is 25.9 Å². The molecule has 6 nitrogen and oxygen atoms in total. The van der Waals surface area contributed by atoms with E-state index in [0.29, 0.717) is 24.7 Å². The van der Waals surface area contributed by atoms with Gasteiger partial charge in [-0.2, -0.15) is 0 Å². The van der Waals surface area contributed by atoms with Crippen LogP contribution < -0.4 is 10.1 Å². The van der Waals surface area contributed by atoms with E-state index in [-0.39, 0.29) is 18.2 Å². The predicted octanol–water partition coefficient (Wildman–Crippen LogP) is 2.18. The van der Waals surface area contributed by atoms with Crippen molar-refractivity contribution in [2.45, 2.75) is 38.3 Å². The first-order chi connectivity index (χ1) is 10.2. The molecular formula is C15H21N3O3. The van der Waals surface area contributed by atoms with Gasteiger partial charge in [0.2, 0.25) is 5.88 Å². The van der Waals surface area contributed by atoms with Crippen LogP contribution in [0.15, 0.2) is 12.3 Å². The summed E-state index contributed by atoms with van der Waals surface area (Å²) in [6.45, 7) is 3.18. The molecule has 114 valence electrons. The molecule has 0 radical (unpaired) electrons. The summed E-state index contributed by atoms with van der Waals surface area (Å²) in [7, 11) is 1.55. The van der Waals surface area contributed by atoms with Crippen molar-refractivity contribution in [1.29, 1.82) is 0 Å². The van der Waals surface area contributed by atoms with Crippen molar-refractivity contribution in [3.8, 4) is 5.88 Å². The van der Waals surface area contributed by atoms with Gasteiger partial charge < -0.3 is 19.7 Å². The van der Waals surface area contributed by atoms with Crippen molar-refractivity contribution in [3.05, 3.63) is 17.8 Å². The van der Waals surface area contributed by atoms with Crippen molar-refractivity contribution in [2.24, 2.45) is 0 Å². The predicted molar refractivity (Wildman–Crippen MR) is 78.6 cm³/mol. The van der Waals surface area contributed by atoms with Crippen LogP contribution in [-0.4, -0.2) is 48.3 Å². The number of ether oxygens (including phenoxy) is 2. The minimum Gasteiger partial charge on any atom is -0.480 e. The minimum atomic E-state index is -0.0964. The Balaban J connectivity index is 1.75. The fourth-order valence-corrected chi connectivity index (χ4v) is 3.17. The zero-order valence-electron chi connectivity index (χ0n) is 12.5. The van der Waals surface area contributed by atoms with Crippen molar-refractivity contribution in [2.75, 3.05) is 25.6 Å². The van der Waals surface area contributed by atoms with Crippen molar-refractivity contribution in [3.63, 3.8) is 0 Å². The Morgan fingerprint density at radius 1 is 1.52 bits per heavy atom. The monoisotopic (exact) mass is 291 g/mol. The second-order valence-corrected chi connectivity index (χ2v) is 5.60. The number of carbonyl (C=O) groups excluding carboxylic acids is 1. The molecule has 1 aromatic rings. The average molecular weight is 291 g/mol. The van der Waals surface area contributed by atoms with Crippen LogP contribution in [0, 0.1) is 6.92 Å². The molecule has 0 spiro atoms. The summed E-state index contributed by atoms with van der Waals surface area (Å²) in [4.78, 5) is 18.6.